The van der Waals surface area contributed by atoms with Crippen molar-refractivity contribution in [2.75, 3.05) is 6.61 Å². The molecule has 6 nitrogen and oxygen atoms in total. The van der Waals surface area contributed by atoms with E-state index in [0.717, 1.165) is 17.3 Å². The van der Waals surface area contributed by atoms with Crippen LogP contribution in [0.4, 0.5) is 0 Å². The van der Waals surface area contributed by atoms with Crippen LogP contribution >= 0.6 is 15.9 Å². The second-order valence-electron chi connectivity index (χ2n) is 4.78. The van der Waals surface area contributed by atoms with E-state index in [-0.39, 0.29) is 6.04 Å². The fraction of sp³-hybridized carbons (Fsp3) is 0.462. The molecule has 20 heavy (non-hydrogen) atoms. The molecule has 2 N–H and O–H groups in total. The predicted octanol–water partition coefficient (Wildman–Crippen LogP) is 2.46. The third kappa shape index (κ3) is 2.89. The highest BCUT2D eigenvalue weighted by Crippen LogP contribution is 2.26. The van der Waals surface area contributed by atoms with E-state index in [9.17, 15) is 0 Å². The Bertz CT molecular complexity index is 585. The number of hydrogen-bond donors (Lipinski definition) is 1. The Morgan fingerprint density at radius 1 is 1.50 bits per heavy atom. The zero-order chi connectivity index (χ0) is 13.9. The van der Waals surface area contributed by atoms with Gasteiger partial charge in [-0.15, -0.1) is 0 Å². The average molecular weight is 339 g/mol. The number of nitrogens with zero attached hydrogens (tertiary/aromatic N) is 3. The summed E-state index contributed by atoms with van der Waals surface area (Å²) in [5.74, 6) is 0.795. The van der Waals surface area contributed by atoms with E-state index in [4.69, 9.17) is 15.0 Å². The van der Waals surface area contributed by atoms with Crippen LogP contribution in [0.1, 0.15) is 31.1 Å². The molecular weight excluding hydrogens is 324 g/mol. The van der Waals surface area contributed by atoms with Crippen LogP contribution in [0.5, 0.6) is 0 Å². The van der Waals surface area contributed by atoms with Gasteiger partial charge in [-0.2, -0.15) is 4.98 Å². The maximum absolute atomic E-state index is 6.01. The molecule has 0 saturated heterocycles. The first-order valence-corrected chi connectivity index (χ1v) is 7.35. The minimum Gasteiger partial charge on any atom is -0.376 e. The van der Waals surface area contributed by atoms with Crippen LogP contribution in [0.15, 0.2) is 27.3 Å². The molecule has 0 aliphatic heterocycles. The summed E-state index contributed by atoms with van der Waals surface area (Å²) in [7, 11) is 0. The van der Waals surface area contributed by atoms with Crippen molar-refractivity contribution in [3.05, 3.63) is 28.6 Å². The number of ether oxygens (including phenoxy) is 1. The van der Waals surface area contributed by atoms with Crippen molar-refractivity contribution in [1.82, 2.24) is 15.1 Å². The van der Waals surface area contributed by atoms with Gasteiger partial charge in [0.2, 0.25) is 0 Å². The van der Waals surface area contributed by atoms with Gasteiger partial charge in [-0.05, 0) is 47.3 Å². The van der Waals surface area contributed by atoms with E-state index < -0.39 is 0 Å². The first kappa shape index (κ1) is 13.7. The quantitative estimate of drug-likeness (QED) is 0.900. The Morgan fingerprint density at radius 2 is 2.35 bits per heavy atom. The lowest BCUT2D eigenvalue weighted by Gasteiger charge is -2.26. The van der Waals surface area contributed by atoms with Gasteiger partial charge in [-0.1, -0.05) is 5.16 Å². The monoisotopic (exact) mass is 338 g/mol. The number of pyridine rings is 1. The molecule has 1 unspecified atom stereocenters. The number of hydrogen-bond acceptors (Lipinski definition) is 6. The van der Waals surface area contributed by atoms with Crippen LogP contribution < -0.4 is 5.73 Å². The number of rotatable bonds is 5. The summed E-state index contributed by atoms with van der Waals surface area (Å²) in [6.45, 7) is 0.410. The van der Waals surface area contributed by atoms with E-state index in [1.54, 1.807) is 6.20 Å². The standard InChI is InChI=1S/C13H15BrN4O2/c14-9-5-2-6-16-11(9)13-17-12(18-20-13)10(15)7-19-8-3-1-4-8/h2,5-6,8,10H,1,3-4,7,15H2. The minimum atomic E-state index is -0.379. The Morgan fingerprint density at radius 3 is 3.05 bits per heavy atom. The molecule has 3 rings (SSSR count). The Kier molecular flexibility index (Phi) is 4.09. The highest BCUT2D eigenvalue weighted by molar-refractivity contribution is 9.10. The van der Waals surface area contributed by atoms with E-state index in [2.05, 4.69) is 31.1 Å². The van der Waals surface area contributed by atoms with Gasteiger partial charge in [0.25, 0.3) is 5.89 Å². The molecule has 1 fully saturated rings. The number of aromatic nitrogens is 3. The van der Waals surface area contributed by atoms with E-state index in [0.29, 0.717) is 30.1 Å². The first-order valence-electron chi connectivity index (χ1n) is 6.55. The normalized spacial score (nSPS) is 16.9. The van der Waals surface area contributed by atoms with Crippen molar-refractivity contribution in [3.8, 4) is 11.6 Å². The summed E-state index contributed by atoms with van der Waals surface area (Å²) in [5.41, 5.74) is 6.62. The topological polar surface area (TPSA) is 87.1 Å². The molecule has 1 saturated carbocycles. The highest BCUT2D eigenvalue weighted by atomic mass is 79.9. The summed E-state index contributed by atoms with van der Waals surface area (Å²) in [5, 5.41) is 3.90. The second-order valence-corrected chi connectivity index (χ2v) is 5.64. The molecule has 1 aliphatic carbocycles. The van der Waals surface area contributed by atoms with Gasteiger partial charge in [0, 0.05) is 10.7 Å². The van der Waals surface area contributed by atoms with Crippen LogP contribution in [-0.2, 0) is 4.74 Å². The lowest BCUT2D eigenvalue weighted by atomic mass is 9.96. The van der Waals surface area contributed by atoms with Crippen LogP contribution in [0.2, 0.25) is 0 Å². The van der Waals surface area contributed by atoms with Crippen LogP contribution in [0, 0.1) is 0 Å². The maximum atomic E-state index is 6.01. The fourth-order valence-electron chi connectivity index (χ4n) is 1.88. The predicted molar refractivity (Wildman–Crippen MR) is 75.7 cm³/mol. The summed E-state index contributed by atoms with van der Waals surface area (Å²) in [6.07, 6.45) is 5.48. The van der Waals surface area contributed by atoms with Crippen molar-refractivity contribution in [2.45, 2.75) is 31.4 Å². The van der Waals surface area contributed by atoms with Gasteiger partial charge < -0.3 is 15.0 Å². The lowest BCUT2D eigenvalue weighted by molar-refractivity contribution is -0.00549. The van der Waals surface area contributed by atoms with Crippen LogP contribution in [0.3, 0.4) is 0 Å². The molecule has 0 amide bonds. The number of halogens is 1. The maximum Gasteiger partial charge on any atom is 0.277 e. The molecule has 1 aliphatic rings. The molecule has 1 atom stereocenters. The summed E-state index contributed by atoms with van der Waals surface area (Å²) in [6, 6.07) is 3.31. The molecule has 0 spiro atoms. The van der Waals surface area contributed by atoms with E-state index >= 15 is 0 Å². The van der Waals surface area contributed by atoms with Gasteiger partial charge in [0.15, 0.2) is 5.82 Å². The van der Waals surface area contributed by atoms with Crippen LogP contribution in [0.25, 0.3) is 11.6 Å². The van der Waals surface area contributed by atoms with E-state index in [1.807, 2.05) is 12.1 Å². The molecule has 0 radical (unpaired) electrons. The minimum absolute atomic E-state index is 0.345. The molecular formula is C13H15BrN4O2. The van der Waals surface area contributed by atoms with Gasteiger partial charge >= 0.3 is 0 Å². The average Bonchev–Trinajstić information content (AvgIpc) is 2.87. The van der Waals surface area contributed by atoms with Crippen molar-refractivity contribution < 1.29 is 9.26 Å². The summed E-state index contributed by atoms with van der Waals surface area (Å²) < 4.78 is 11.7. The molecule has 2 aromatic rings. The smallest absolute Gasteiger partial charge is 0.277 e. The lowest BCUT2D eigenvalue weighted by Crippen LogP contribution is -2.27. The summed E-state index contributed by atoms with van der Waals surface area (Å²) >= 11 is 3.40. The second kappa shape index (κ2) is 5.99. The Labute approximate surface area is 124 Å². The molecule has 0 bridgehead atoms. The molecule has 2 aromatic heterocycles. The first-order chi connectivity index (χ1) is 9.74. The van der Waals surface area contributed by atoms with Crippen LogP contribution in [-0.4, -0.2) is 27.8 Å². The summed E-state index contributed by atoms with van der Waals surface area (Å²) in [4.78, 5) is 8.49. The van der Waals surface area contributed by atoms with Gasteiger partial charge in [-0.25, -0.2) is 4.98 Å². The zero-order valence-corrected chi connectivity index (χ0v) is 12.4. The Balaban J connectivity index is 1.68. The number of nitrogens with two attached hydrogens (primary N) is 1. The van der Waals surface area contributed by atoms with E-state index in [1.165, 1.54) is 6.42 Å². The van der Waals surface area contributed by atoms with Crippen molar-refractivity contribution >= 4 is 15.9 Å². The van der Waals surface area contributed by atoms with Crippen molar-refractivity contribution in [3.63, 3.8) is 0 Å². The third-order valence-electron chi connectivity index (χ3n) is 3.30. The molecule has 106 valence electrons. The van der Waals surface area contributed by atoms with Crippen molar-refractivity contribution in [1.29, 1.82) is 0 Å². The zero-order valence-electron chi connectivity index (χ0n) is 10.8. The molecule has 2 heterocycles. The van der Waals surface area contributed by atoms with Gasteiger partial charge in [0.05, 0.1) is 18.8 Å². The van der Waals surface area contributed by atoms with Gasteiger partial charge in [0.1, 0.15) is 5.69 Å². The SMILES string of the molecule is NC(COC1CCC1)c1noc(-c2ncccc2Br)n1. The molecule has 7 heteroatoms. The fourth-order valence-corrected chi connectivity index (χ4v) is 2.30. The molecule has 0 aromatic carbocycles. The third-order valence-corrected chi connectivity index (χ3v) is 3.94. The van der Waals surface area contributed by atoms with Gasteiger partial charge in [-0.3, -0.25) is 0 Å². The van der Waals surface area contributed by atoms with Crippen molar-refractivity contribution in [2.24, 2.45) is 5.73 Å². The highest BCUT2D eigenvalue weighted by Gasteiger charge is 2.22. The Hall–Kier alpha value is -1.31. The largest absolute Gasteiger partial charge is 0.376 e.